The summed E-state index contributed by atoms with van der Waals surface area (Å²) in [6.07, 6.45) is 2.26. The van der Waals surface area contributed by atoms with Crippen LogP contribution < -0.4 is 10.6 Å². The lowest BCUT2D eigenvalue weighted by molar-refractivity contribution is 0.180. The first-order chi connectivity index (χ1) is 11.5. The maximum atomic E-state index is 12.2. The lowest BCUT2D eigenvalue weighted by Gasteiger charge is -2.30. The Labute approximate surface area is 142 Å². The van der Waals surface area contributed by atoms with Crippen LogP contribution in [0, 0.1) is 9.81 Å². The van der Waals surface area contributed by atoms with E-state index >= 15 is 0 Å². The molecule has 0 unspecified atom stereocenters. The van der Waals surface area contributed by atoms with Gasteiger partial charge in [0.25, 0.3) is 0 Å². The van der Waals surface area contributed by atoms with Gasteiger partial charge in [-0.05, 0) is 25.7 Å². The molecule has 136 valence electrons. The Morgan fingerprint density at radius 1 is 0.958 bits per heavy atom. The van der Waals surface area contributed by atoms with Crippen molar-refractivity contribution in [3.63, 3.8) is 0 Å². The van der Waals surface area contributed by atoms with Gasteiger partial charge in [0.2, 0.25) is 0 Å². The fraction of sp³-hybridized carbons (Fsp3) is 0.833. The molecule has 0 atom stereocenters. The number of hydrogen-bond acceptors (Lipinski definition) is 6. The normalized spacial score (nSPS) is 19.9. The number of rotatable bonds is 8. The molecule has 0 radical (unpaired) electrons. The maximum Gasteiger partial charge on any atom is 0.340 e. The van der Waals surface area contributed by atoms with Crippen LogP contribution in [0.4, 0.5) is 14.0 Å². The van der Waals surface area contributed by atoms with Crippen molar-refractivity contribution in [2.75, 3.05) is 25.6 Å². The number of nitrogens with zero attached hydrogens (tertiary/aromatic N) is 4. The van der Waals surface area contributed by atoms with Crippen molar-refractivity contribution in [3.8, 4) is 0 Å². The first-order valence-electron chi connectivity index (χ1n) is 7.50. The minimum Gasteiger partial charge on any atom is -0.334 e. The summed E-state index contributed by atoms with van der Waals surface area (Å²) in [4.78, 5) is 44.5. The highest BCUT2D eigenvalue weighted by atomic mass is 35.5. The van der Waals surface area contributed by atoms with Crippen LogP contribution in [0.25, 0.3) is 0 Å². The molecule has 0 spiro atoms. The predicted octanol–water partition coefficient (Wildman–Crippen LogP) is 1.89. The van der Waals surface area contributed by atoms with Gasteiger partial charge in [-0.15, -0.1) is 21.4 Å². The van der Waals surface area contributed by atoms with Gasteiger partial charge in [-0.3, -0.25) is 0 Å². The Balaban J connectivity index is 2.38. The molecule has 24 heavy (non-hydrogen) atoms. The number of alkyl halides is 2. The molecule has 0 heterocycles. The second kappa shape index (κ2) is 10.7. The van der Waals surface area contributed by atoms with E-state index in [4.69, 9.17) is 11.6 Å². The molecular formula is C12H20ClFN6O4. The summed E-state index contributed by atoms with van der Waals surface area (Å²) in [5.41, 5.74) is 0. The summed E-state index contributed by atoms with van der Waals surface area (Å²) in [6.45, 7) is -1.23. The predicted molar refractivity (Wildman–Crippen MR) is 84.8 cm³/mol. The van der Waals surface area contributed by atoms with E-state index in [9.17, 15) is 23.8 Å². The largest absolute Gasteiger partial charge is 0.340 e. The van der Waals surface area contributed by atoms with Gasteiger partial charge in [-0.2, -0.15) is 10.0 Å². The molecule has 12 heteroatoms. The van der Waals surface area contributed by atoms with Gasteiger partial charge in [0, 0.05) is 18.0 Å². The fourth-order valence-electron chi connectivity index (χ4n) is 2.40. The molecule has 2 N–H and O–H groups in total. The zero-order valence-corrected chi connectivity index (χ0v) is 13.7. The number of hydrogen-bond donors (Lipinski definition) is 2. The molecule has 0 aromatic rings. The molecule has 0 aromatic carbocycles. The molecule has 0 bridgehead atoms. The number of nitrogens with one attached hydrogen (secondary N) is 2. The standard InChI is InChI=1S/C12H20ClFN6O4/c13-5-7-19(17-23)11(21)15-9-1-3-10(4-2-9)16-12(22)20(18-24)8-6-14/h9-10H,1-8H2,(H,15,21)(H,16,22). The van der Waals surface area contributed by atoms with Gasteiger partial charge in [0.05, 0.1) is 23.7 Å². The number of nitroso groups, excluding NO2 is 2. The van der Waals surface area contributed by atoms with Crippen LogP contribution in [-0.2, 0) is 0 Å². The molecule has 0 aromatic heterocycles. The molecule has 0 saturated heterocycles. The summed E-state index contributed by atoms with van der Waals surface area (Å²) in [5, 5.41) is 11.5. The Hall–Kier alpha value is -2.04. The number of urea groups is 2. The SMILES string of the molecule is O=NN(CCF)C(=O)NC1CCC(NC(=O)N(CCCl)N=O)CC1. The minimum atomic E-state index is -0.860. The summed E-state index contributed by atoms with van der Waals surface area (Å²) < 4.78 is 12.2. The molecule has 10 nitrogen and oxygen atoms in total. The second-order valence-electron chi connectivity index (χ2n) is 5.24. The molecule has 1 aliphatic carbocycles. The lowest BCUT2D eigenvalue weighted by Crippen LogP contribution is -2.49. The topological polar surface area (TPSA) is 124 Å². The van der Waals surface area contributed by atoms with E-state index in [-0.39, 0.29) is 24.5 Å². The Morgan fingerprint density at radius 3 is 1.71 bits per heavy atom. The molecule has 1 aliphatic rings. The summed E-state index contributed by atoms with van der Waals surface area (Å²) >= 11 is 5.47. The smallest absolute Gasteiger partial charge is 0.334 e. The summed E-state index contributed by atoms with van der Waals surface area (Å²) in [5.74, 6) is 0.0953. The third-order valence-electron chi connectivity index (χ3n) is 3.64. The first kappa shape index (κ1) is 20.0. The Kier molecular flexibility index (Phi) is 8.90. The highest BCUT2D eigenvalue weighted by Gasteiger charge is 2.26. The van der Waals surface area contributed by atoms with Crippen LogP contribution in [0.1, 0.15) is 25.7 Å². The highest BCUT2D eigenvalue weighted by Crippen LogP contribution is 2.19. The Bertz CT molecular complexity index is 409. The van der Waals surface area contributed by atoms with Crippen molar-refractivity contribution in [3.05, 3.63) is 9.81 Å². The second-order valence-corrected chi connectivity index (χ2v) is 5.61. The monoisotopic (exact) mass is 366 g/mol. The van der Waals surface area contributed by atoms with Gasteiger partial charge in [-0.1, -0.05) is 0 Å². The van der Waals surface area contributed by atoms with Crippen LogP contribution in [0.3, 0.4) is 0 Å². The van der Waals surface area contributed by atoms with Gasteiger partial charge < -0.3 is 10.6 Å². The Morgan fingerprint density at radius 2 is 1.38 bits per heavy atom. The number of carbonyl (C=O) groups is 2. The van der Waals surface area contributed by atoms with Crippen molar-refractivity contribution < 1.29 is 14.0 Å². The van der Waals surface area contributed by atoms with E-state index in [0.717, 1.165) is 0 Å². The number of carbonyl (C=O) groups excluding carboxylic acids is 2. The van der Waals surface area contributed by atoms with E-state index in [1.807, 2.05) is 0 Å². The van der Waals surface area contributed by atoms with E-state index in [2.05, 4.69) is 21.2 Å². The number of amides is 4. The molecule has 0 aliphatic heterocycles. The number of halogens is 2. The minimum absolute atomic E-state index is 0.0192. The van der Waals surface area contributed by atoms with E-state index in [1.165, 1.54) is 0 Å². The van der Waals surface area contributed by atoms with Gasteiger partial charge in [0.15, 0.2) is 0 Å². The zero-order valence-electron chi connectivity index (χ0n) is 13.0. The third-order valence-corrected chi connectivity index (χ3v) is 3.81. The summed E-state index contributed by atoms with van der Waals surface area (Å²) in [7, 11) is 0. The fourth-order valence-corrected chi connectivity index (χ4v) is 2.56. The van der Waals surface area contributed by atoms with Crippen molar-refractivity contribution >= 4 is 23.7 Å². The van der Waals surface area contributed by atoms with E-state index < -0.39 is 25.3 Å². The van der Waals surface area contributed by atoms with Crippen LogP contribution in [-0.4, -0.2) is 59.8 Å². The molecular weight excluding hydrogens is 347 g/mol. The highest BCUT2D eigenvalue weighted by molar-refractivity contribution is 6.18. The average molecular weight is 367 g/mol. The molecule has 4 amide bonds. The average Bonchev–Trinajstić information content (AvgIpc) is 2.58. The van der Waals surface area contributed by atoms with Crippen LogP contribution >= 0.6 is 11.6 Å². The van der Waals surface area contributed by atoms with Crippen LogP contribution in [0.15, 0.2) is 10.6 Å². The van der Waals surface area contributed by atoms with Crippen molar-refractivity contribution in [2.45, 2.75) is 37.8 Å². The summed E-state index contributed by atoms with van der Waals surface area (Å²) in [6, 6.07) is -1.71. The van der Waals surface area contributed by atoms with Gasteiger partial charge >= 0.3 is 12.1 Å². The van der Waals surface area contributed by atoms with E-state index in [0.29, 0.717) is 35.7 Å². The van der Waals surface area contributed by atoms with Crippen LogP contribution in [0.2, 0.25) is 0 Å². The van der Waals surface area contributed by atoms with Crippen molar-refractivity contribution in [2.24, 2.45) is 10.6 Å². The molecule has 1 rings (SSSR count). The van der Waals surface area contributed by atoms with Crippen LogP contribution in [0.5, 0.6) is 0 Å². The third kappa shape index (κ3) is 6.22. The van der Waals surface area contributed by atoms with Crippen molar-refractivity contribution in [1.82, 2.24) is 20.7 Å². The molecule has 1 fully saturated rings. The van der Waals surface area contributed by atoms with Crippen molar-refractivity contribution in [1.29, 1.82) is 0 Å². The zero-order chi connectivity index (χ0) is 17.9. The van der Waals surface area contributed by atoms with Gasteiger partial charge in [0.1, 0.15) is 6.67 Å². The van der Waals surface area contributed by atoms with Gasteiger partial charge in [-0.25, -0.2) is 14.0 Å². The molecule has 1 saturated carbocycles. The quantitative estimate of drug-likeness (QED) is 0.386. The maximum absolute atomic E-state index is 12.2. The van der Waals surface area contributed by atoms with E-state index in [1.54, 1.807) is 0 Å². The first-order valence-corrected chi connectivity index (χ1v) is 8.03. The lowest BCUT2D eigenvalue weighted by atomic mass is 9.91.